The zero-order valence-electron chi connectivity index (χ0n) is 17.1. The number of esters is 1. The Labute approximate surface area is 176 Å². The summed E-state index contributed by atoms with van der Waals surface area (Å²) < 4.78 is 31.8. The number of hydrogen-bond acceptors (Lipinski definition) is 6. The van der Waals surface area contributed by atoms with E-state index in [2.05, 4.69) is 9.71 Å². The third kappa shape index (κ3) is 4.43. The number of hydrogen-bond donors (Lipinski definition) is 1. The first-order valence-corrected chi connectivity index (χ1v) is 11.3. The fraction of sp³-hybridized carbons (Fsp3) is 0.318. The normalized spacial score (nSPS) is 16.6. The van der Waals surface area contributed by atoms with Crippen LogP contribution in [0.5, 0.6) is 0 Å². The third-order valence-electron chi connectivity index (χ3n) is 4.94. The number of aryl methyl sites for hydroxylation is 2. The van der Waals surface area contributed by atoms with Gasteiger partial charge in [-0.3, -0.25) is 14.5 Å². The van der Waals surface area contributed by atoms with Gasteiger partial charge in [-0.15, -0.1) is 0 Å². The number of sulfonamides is 1. The molecular formula is C22H24N2O5S. The van der Waals surface area contributed by atoms with Gasteiger partial charge in [-0.25, -0.2) is 13.2 Å². The zero-order chi connectivity index (χ0) is 21.9. The number of rotatable bonds is 7. The fourth-order valence-corrected chi connectivity index (χ4v) is 4.46. The second-order valence-corrected chi connectivity index (χ2v) is 8.64. The van der Waals surface area contributed by atoms with Crippen molar-refractivity contribution < 1.29 is 22.7 Å². The smallest absolute Gasteiger partial charge is 0.331 e. The van der Waals surface area contributed by atoms with Crippen LogP contribution in [-0.2, 0) is 32.4 Å². The highest BCUT2D eigenvalue weighted by Crippen LogP contribution is 2.22. The molecule has 1 aliphatic heterocycles. The quantitative estimate of drug-likeness (QED) is 0.540. The molecule has 3 rings (SSSR count). The summed E-state index contributed by atoms with van der Waals surface area (Å²) in [5.74, 6) is -0.892. The number of ether oxygens (including phenoxy) is 1. The fourth-order valence-electron chi connectivity index (χ4n) is 3.22. The minimum Gasteiger partial charge on any atom is -0.456 e. The van der Waals surface area contributed by atoms with Gasteiger partial charge in [0.15, 0.2) is 6.61 Å². The second kappa shape index (κ2) is 8.79. The molecule has 2 aromatic rings. The van der Waals surface area contributed by atoms with E-state index in [0.717, 1.165) is 17.5 Å². The van der Waals surface area contributed by atoms with Gasteiger partial charge in [-0.1, -0.05) is 38.1 Å². The average molecular weight is 429 g/mol. The van der Waals surface area contributed by atoms with Crippen LogP contribution >= 0.6 is 0 Å². The van der Waals surface area contributed by atoms with Crippen molar-refractivity contribution in [3.63, 3.8) is 0 Å². The molecule has 0 aromatic heterocycles. The van der Waals surface area contributed by atoms with Crippen molar-refractivity contribution in [2.45, 2.75) is 44.6 Å². The Morgan fingerprint density at radius 2 is 1.83 bits per heavy atom. The van der Waals surface area contributed by atoms with E-state index in [4.69, 9.17) is 4.74 Å². The minimum absolute atomic E-state index is 0.0882. The summed E-state index contributed by atoms with van der Waals surface area (Å²) in [6.07, 6.45) is 1.50. The summed E-state index contributed by atoms with van der Waals surface area (Å²) in [6.45, 7) is 5.06. The Morgan fingerprint density at radius 1 is 1.10 bits per heavy atom. The SMILES string of the molecule is CCc1ccc(CC)c(C(=O)COC(=O)C(C)N=C2NS(=O)(=O)c3ccccc32)c1. The van der Waals surface area contributed by atoms with Crippen LogP contribution < -0.4 is 4.72 Å². The van der Waals surface area contributed by atoms with E-state index in [1.807, 2.05) is 32.0 Å². The predicted octanol–water partition coefficient (Wildman–Crippen LogP) is 2.66. The second-order valence-electron chi connectivity index (χ2n) is 6.98. The number of nitrogens with one attached hydrogen (secondary N) is 1. The van der Waals surface area contributed by atoms with Gasteiger partial charge >= 0.3 is 5.97 Å². The van der Waals surface area contributed by atoms with Gasteiger partial charge in [0.05, 0.1) is 4.90 Å². The monoisotopic (exact) mass is 428 g/mol. The molecule has 158 valence electrons. The van der Waals surface area contributed by atoms with Crippen molar-refractivity contribution >= 4 is 27.6 Å². The molecule has 0 saturated carbocycles. The number of Topliss-reactive ketones (excluding diaryl/α,β-unsaturated/α-hetero) is 1. The first-order valence-electron chi connectivity index (χ1n) is 9.78. The zero-order valence-corrected chi connectivity index (χ0v) is 18.0. The van der Waals surface area contributed by atoms with Crippen molar-refractivity contribution in [2.75, 3.05) is 6.61 Å². The van der Waals surface area contributed by atoms with Crippen molar-refractivity contribution in [3.05, 3.63) is 64.7 Å². The molecule has 1 heterocycles. The third-order valence-corrected chi connectivity index (χ3v) is 6.33. The van der Waals surface area contributed by atoms with Gasteiger partial charge in [0, 0.05) is 11.1 Å². The highest BCUT2D eigenvalue weighted by Gasteiger charge is 2.31. The molecule has 1 N–H and O–H groups in total. The van der Waals surface area contributed by atoms with E-state index in [1.165, 1.54) is 13.0 Å². The molecular weight excluding hydrogens is 404 g/mol. The van der Waals surface area contributed by atoms with Crippen LogP contribution in [0, 0.1) is 0 Å². The topological polar surface area (TPSA) is 102 Å². The average Bonchev–Trinajstić information content (AvgIpc) is 3.01. The molecule has 0 spiro atoms. The first-order chi connectivity index (χ1) is 14.3. The molecule has 2 aromatic carbocycles. The Kier molecular flexibility index (Phi) is 6.36. The number of carbonyl (C=O) groups excluding carboxylic acids is 2. The van der Waals surface area contributed by atoms with E-state index in [1.54, 1.807) is 18.2 Å². The Bertz CT molecular complexity index is 1120. The van der Waals surface area contributed by atoms with Crippen LogP contribution in [0.25, 0.3) is 0 Å². The van der Waals surface area contributed by atoms with Gasteiger partial charge in [0.25, 0.3) is 10.0 Å². The van der Waals surface area contributed by atoms with Crippen LogP contribution in [0.2, 0.25) is 0 Å². The molecule has 0 fully saturated rings. The Hall–Kier alpha value is -3.00. The van der Waals surface area contributed by atoms with Gasteiger partial charge in [0.1, 0.15) is 11.9 Å². The Morgan fingerprint density at radius 3 is 2.53 bits per heavy atom. The highest BCUT2D eigenvalue weighted by molar-refractivity contribution is 7.90. The first kappa shape index (κ1) is 21.7. The highest BCUT2D eigenvalue weighted by atomic mass is 32.2. The lowest BCUT2D eigenvalue weighted by atomic mass is 9.98. The van der Waals surface area contributed by atoms with E-state index in [0.29, 0.717) is 17.5 Å². The largest absolute Gasteiger partial charge is 0.456 e. The van der Waals surface area contributed by atoms with Crippen molar-refractivity contribution in [1.29, 1.82) is 0 Å². The Balaban J connectivity index is 1.70. The van der Waals surface area contributed by atoms with Gasteiger partial charge < -0.3 is 4.74 Å². The van der Waals surface area contributed by atoms with Gasteiger partial charge in [-0.05, 0) is 49.1 Å². The van der Waals surface area contributed by atoms with Crippen LogP contribution in [0.4, 0.5) is 0 Å². The summed E-state index contributed by atoms with van der Waals surface area (Å²) in [5.41, 5.74) is 2.89. The maximum Gasteiger partial charge on any atom is 0.331 e. The number of benzene rings is 2. The van der Waals surface area contributed by atoms with Crippen LogP contribution in [0.1, 0.15) is 47.8 Å². The maximum absolute atomic E-state index is 12.6. The lowest BCUT2D eigenvalue weighted by molar-refractivity contribution is -0.143. The number of aliphatic imine (C=N–C) groups is 1. The summed E-state index contributed by atoms with van der Waals surface area (Å²) in [7, 11) is -3.69. The summed E-state index contributed by atoms with van der Waals surface area (Å²) in [4.78, 5) is 29.2. The van der Waals surface area contributed by atoms with Gasteiger partial charge in [-0.2, -0.15) is 0 Å². The van der Waals surface area contributed by atoms with Crippen molar-refractivity contribution in [3.8, 4) is 0 Å². The summed E-state index contributed by atoms with van der Waals surface area (Å²) in [6, 6.07) is 11.2. The molecule has 1 atom stereocenters. The lowest BCUT2D eigenvalue weighted by Gasteiger charge is -2.11. The maximum atomic E-state index is 12.6. The van der Waals surface area contributed by atoms with Crippen LogP contribution in [-0.4, -0.2) is 38.7 Å². The standard InChI is InChI=1S/C22H24N2O5S/c1-4-15-10-11-16(5-2)18(12-15)19(25)13-29-22(26)14(3)23-21-17-8-6-7-9-20(17)30(27,28)24-21/h6-12,14H,4-5,13H2,1-3H3,(H,23,24). The number of fused-ring (bicyclic) bond motifs is 1. The van der Waals surface area contributed by atoms with Gasteiger partial charge in [0.2, 0.25) is 5.78 Å². The van der Waals surface area contributed by atoms with E-state index < -0.39 is 28.6 Å². The molecule has 0 aliphatic carbocycles. The number of ketones is 1. The minimum atomic E-state index is -3.69. The summed E-state index contributed by atoms with van der Waals surface area (Å²) in [5, 5.41) is 0. The molecule has 8 heteroatoms. The lowest BCUT2D eigenvalue weighted by Crippen LogP contribution is -2.27. The number of carbonyl (C=O) groups is 2. The molecule has 1 unspecified atom stereocenters. The van der Waals surface area contributed by atoms with Crippen molar-refractivity contribution in [2.24, 2.45) is 4.99 Å². The molecule has 7 nitrogen and oxygen atoms in total. The van der Waals surface area contributed by atoms with Crippen LogP contribution in [0.3, 0.4) is 0 Å². The number of amidine groups is 1. The molecule has 1 aliphatic rings. The summed E-state index contributed by atoms with van der Waals surface area (Å²) >= 11 is 0. The van der Waals surface area contributed by atoms with Crippen LogP contribution in [0.15, 0.2) is 52.4 Å². The van der Waals surface area contributed by atoms with Crippen molar-refractivity contribution in [1.82, 2.24) is 4.72 Å². The number of nitrogens with zero attached hydrogens (tertiary/aromatic N) is 1. The predicted molar refractivity (Wildman–Crippen MR) is 113 cm³/mol. The molecule has 0 saturated heterocycles. The molecule has 0 amide bonds. The van der Waals surface area contributed by atoms with E-state index >= 15 is 0 Å². The van der Waals surface area contributed by atoms with E-state index in [-0.39, 0.29) is 16.5 Å². The van der Waals surface area contributed by atoms with E-state index in [9.17, 15) is 18.0 Å². The molecule has 30 heavy (non-hydrogen) atoms. The molecule has 0 bridgehead atoms. The molecule has 0 radical (unpaired) electrons.